The maximum Gasteiger partial charge on any atom is 0.264 e. The zero-order valence-electron chi connectivity index (χ0n) is 10.8. The van der Waals surface area contributed by atoms with Crippen LogP contribution in [0.1, 0.15) is 0 Å². The summed E-state index contributed by atoms with van der Waals surface area (Å²) in [4.78, 5) is 0.0525. The molecule has 1 aliphatic rings. The lowest BCUT2D eigenvalue weighted by Gasteiger charge is -2.30. The molecule has 21 heavy (non-hydrogen) atoms. The first-order valence-corrected chi connectivity index (χ1v) is 8.42. The van der Waals surface area contributed by atoms with Crippen LogP contribution in [0, 0.1) is 5.82 Å². The lowest BCUT2D eigenvalue weighted by Crippen LogP contribution is -2.37. The second-order valence-corrected chi connectivity index (χ2v) is 7.27. The van der Waals surface area contributed by atoms with E-state index >= 15 is 0 Å². The van der Waals surface area contributed by atoms with Crippen LogP contribution < -0.4 is 9.04 Å². The van der Waals surface area contributed by atoms with Gasteiger partial charge in [-0.25, -0.2) is 12.8 Å². The maximum atomic E-state index is 13.0. The first-order chi connectivity index (χ1) is 9.98. The Morgan fingerprint density at radius 3 is 2.57 bits per heavy atom. The minimum absolute atomic E-state index is 0.0525. The van der Waals surface area contributed by atoms with Gasteiger partial charge in [0, 0.05) is 4.47 Å². The third kappa shape index (κ3) is 2.63. The van der Waals surface area contributed by atoms with Crippen LogP contribution in [0.5, 0.6) is 5.75 Å². The smallest absolute Gasteiger partial charge is 0.264 e. The van der Waals surface area contributed by atoms with Gasteiger partial charge in [-0.15, -0.1) is 0 Å². The molecule has 1 heterocycles. The first kappa shape index (κ1) is 14.3. The highest BCUT2D eigenvalue weighted by Gasteiger charge is 2.30. The molecule has 2 aromatic carbocycles. The summed E-state index contributed by atoms with van der Waals surface area (Å²) in [5.74, 6) is 0.0363. The number of rotatable bonds is 2. The van der Waals surface area contributed by atoms with Crippen LogP contribution >= 0.6 is 15.9 Å². The molecule has 7 heteroatoms. The van der Waals surface area contributed by atoms with Gasteiger partial charge in [0.05, 0.1) is 17.1 Å². The number of hydrogen-bond donors (Lipinski definition) is 0. The van der Waals surface area contributed by atoms with Gasteiger partial charge in [-0.3, -0.25) is 4.31 Å². The van der Waals surface area contributed by atoms with Gasteiger partial charge >= 0.3 is 0 Å². The molecule has 0 saturated heterocycles. The van der Waals surface area contributed by atoms with Crippen LogP contribution in [0.3, 0.4) is 0 Å². The minimum Gasteiger partial charge on any atom is -0.489 e. The topological polar surface area (TPSA) is 46.6 Å². The van der Waals surface area contributed by atoms with Crippen molar-refractivity contribution in [3.8, 4) is 5.75 Å². The summed E-state index contributed by atoms with van der Waals surface area (Å²) >= 11 is 3.32. The molecule has 110 valence electrons. The summed E-state index contributed by atoms with van der Waals surface area (Å²) in [5, 5.41) is 0. The molecule has 0 amide bonds. The molecule has 2 aromatic rings. The molecule has 1 aliphatic heterocycles. The summed E-state index contributed by atoms with van der Waals surface area (Å²) in [6, 6.07) is 9.98. The number of ether oxygens (including phenoxy) is 1. The van der Waals surface area contributed by atoms with Crippen molar-refractivity contribution in [3.05, 3.63) is 52.8 Å². The van der Waals surface area contributed by atoms with Crippen LogP contribution in [0.15, 0.2) is 51.8 Å². The number of sulfonamides is 1. The maximum absolute atomic E-state index is 13.0. The Morgan fingerprint density at radius 1 is 1.14 bits per heavy atom. The van der Waals surface area contributed by atoms with Crippen LogP contribution in [0.2, 0.25) is 0 Å². The third-order valence-electron chi connectivity index (χ3n) is 3.14. The highest BCUT2D eigenvalue weighted by atomic mass is 79.9. The van der Waals surface area contributed by atoms with E-state index in [2.05, 4.69) is 15.9 Å². The normalized spacial score (nSPS) is 14.5. The molecule has 0 aliphatic carbocycles. The van der Waals surface area contributed by atoms with E-state index in [0.29, 0.717) is 11.4 Å². The number of nitrogens with zero attached hydrogens (tertiary/aromatic N) is 1. The summed E-state index contributed by atoms with van der Waals surface area (Å²) in [6.07, 6.45) is 0. The van der Waals surface area contributed by atoms with E-state index in [-0.39, 0.29) is 18.0 Å². The fourth-order valence-electron chi connectivity index (χ4n) is 2.15. The molecule has 0 aromatic heterocycles. The largest absolute Gasteiger partial charge is 0.489 e. The van der Waals surface area contributed by atoms with Crippen molar-refractivity contribution in [1.82, 2.24) is 0 Å². The monoisotopic (exact) mass is 371 g/mol. The van der Waals surface area contributed by atoms with E-state index in [1.807, 2.05) is 0 Å². The van der Waals surface area contributed by atoms with Crippen molar-refractivity contribution in [1.29, 1.82) is 0 Å². The highest BCUT2D eigenvalue weighted by molar-refractivity contribution is 9.10. The van der Waals surface area contributed by atoms with Crippen molar-refractivity contribution >= 4 is 31.6 Å². The van der Waals surface area contributed by atoms with Gasteiger partial charge in [0.15, 0.2) is 0 Å². The van der Waals surface area contributed by atoms with E-state index in [4.69, 9.17) is 4.74 Å². The predicted molar refractivity (Wildman–Crippen MR) is 80.6 cm³/mol. The van der Waals surface area contributed by atoms with Crippen molar-refractivity contribution in [2.45, 2.75) is 4.90 Å². The van der Waals surface area contributed by atoms with Gasteiger partial charge in [0.2, 0.25) is 0 Å². The fourth-order valence-corrected chi connectivity index (χ4v) is 3.95. The average Bonchev–Trinajstić information content (AvgIpc) is 2.47. The zero-order chi connectivity index (χ0) is 15.0. The standard InChI is InChI=1S/C14H11BrFNO3S/c15-10-1-6-14-13(9-10)17(7-8-20-14)21(18,19)12-4-2-11(16)3-5-12/h1-6,9H,7-8H2. The number of anilines is 1. The molecule has 0 fully saturated rings. The molecule has 0 unspecified atom stereocenters. The van der Waals surface area contributed by atoms with Gasteiger partial charge in [0.1, 0.15) is 18.2 Å². The molecule has 3 rings (SSSR count). The quantitative estimate of drug-likeness (QED) is 0.814. The SMILES string of the molecule is O=S(=O)(c1ccc(F)cc1)N1CCOc2ccc(Br)cc21. The van der Waals surface area contributed by atoms with Gasteiger partial charge in [0.25, 0.3) is 10.0 Å². The zero-order valence-corrected chi connectivity index (χ0v) is 13.2. The molecular weight excluding hydrogens is 361 g/mol. The van der Waals surface area contributed by atoms with Crippen molar-refractivity contribution in [2.24, 2.45) is 0 Å². The third-order valence-corrected chi connectivity index (χ3v) is 5.46. The fraction of sp³-hybridized carbons (Fsp3) is 0.143. The van der Waals surface area contributed by atoms with Gasteiger partial charge in [-0.2, -0.15) is 0 Å². The Labute approximate surface area is 130 Å². The lowest BCUT2D eigenvalue weighted by molar-refractivity contribution is 0.316. The van der Waals surface area contributed by atoms with E-state index in [9.17, 15) is 12.8 Å². The van der Waals surface area contributed by atoms with Crippen molar-refractivity contribution in [2.75, 3.05) is 17.5 Å². The van der Waals surface area contributed by atoms with Crippen molar-refractivity contribution < 1.29 is 17.5 Å². The van der Waals surface area contributed by atoms with Crippen LogP contribution in [0.4, 0.5) is 10.1 Å². The number of hydrogen-bond acceptors (Lipinski definition) is 3. The molecule has 0 spiro atoms. The highest BCUT2D eigenvalue weighted by Crippen LogP contribution is 2.37. The average molecular weight is 372 g/mol. The molecule has 0 saturated carbocycles. The summed E-state index contributed by atoms with van der Waals surface area (Å²) in [6.45, 7) is 0.484. The number of halogens is 2. The molecule has 0 atom stereocenters. The predicted octanol–water partition coefficient (Wildman–Crippen LogP) is 3.18. The van der Waals surface area contributed by atoms with E-state index in [1.54, 1.807) is 18.2 Å². The Morgan fingerprint density at radius 2 is 1.86 bits per heavy atom. The minimum atomic E-state index is -3.74. The Hall–Kier alpha value is -1.60. The second kappa shape index (κ2) is 5.31. The molecule has 4 nitrogen and oxygen atoms in total. The Kier molecular flexibility index (Phi) is 3.62. The molecule has 0 radical (unpaired) electrons. The molecular formula is C14H11BrFNO3S. The number of benzene rings is 2. The van der Waals surface area contributed by atoms with Gasteiger partial charge in [-0.1, -0.05) is 15.9 Å². The van der Waals surface area contributed by atoms with Crippen LogP contribution in [-0.4, -0.2) is 21.6 Å². The van der Waals surface area contributed by atoms with Crippen LogP contribution in [-0.2, 0) is 10.0 Å². The van der Waals surface area contributed by atoms with Crippen molar-refractivity contribution in [3.63, 3.8) is 0 Å². The van der Waals surface area contributed by atoms with E-state index in [1.165, 1.54) is 16.4 Å². The molecule has 0 N–H and O–H groups in total. The lowest BCUT2D eigenvalue weighted by atomic mass is 10.2. The Balaban J connectivity index is 2.09. The van der Waals surface area contributed by atoms with Crippen LogP contribution in [0.25, 0.3) is 0 Å². The van der Waals surface area contributed by atoms with Gasteiger partial charge in [-0.05, 0) is 42.5 Å². The summed E-state index contributed by atoms with van der Waals surface area (Å²) in [7, 11) is -3.74. The Bertz CT molecular complexity index is 777. The summed E-state index contributed by atoms with van der Waals surface area (Å²) < 4.78 is 45.9. The second-order valence-electron chi connectivity index (χ2n) is 4.49. The van der Waals surface area contributed by atoms with E-state index < -0.39 is 15.8 Å². The molecule has 0 bridgehead atoms. The number of fused-ring (bicyclic) bond motifs is 1. The van der Waals surface area contributed by atoms with E-state index in [0.717, 1.165) is 16.6 Å². The first-order valence-electron chi connectivity index (χ1n) is 6.19. The van der Waals surface area contributed by atoms with Gasteiger partial charge < -0.3 is 4.74 Å². The summed E-state index contributed by atoms with van der Waals surface area (Å²) in [5.41, 5.74) is 0.472.